The van der Waals surface area contributed by atoms with Gasteiger partial charge in [0.15, 0.2) is 0 Å². The first kappa shape index (κ1) is 6.70. The van der Waals surface area contributed by atoms with Gasteiger partial charge >= 0.3 is 0 Å². The van der Waals surface area contributed by atoms with Crippen LogP contribution in [0.1, 0.15) is 20.3 Å². The fourth-order valence-corrected chi connectivity index (χ4v) is 0.322. The molecule has 0 aliphatic heterocycles. The average Bonchev–Trinajstić information content (AvgIpc) is 1.65. The Morgan fingerprint density at radius 3 is 2.29 bits per heavy atom. The van der Waals surface area contributed by atoms with Crippen molar-refractivity contribution < 1.29 is 0 Å². The molecule has 7 heavy (non-hydrogen) atoms. The smallest absolute Gasteiger partial charge is 0.0221 e. The lowest BCUT2D eigenvalue weighted by atomic mass is 10.1. The zero-order valence-corrected chi connectivity index (χ0v) is 5.07. The van der Waals surface area contributed by atoms with E-state index in [0.29, 0.717) is 0 Å². The summed E-state index contributed by atoms with van der Waals surface area (Å²) in [5.74, 6) is 0. The maximum Gasteiger partial charge on any atom is 0.0221 e. The maximum absolute atomic E-state index is 5.45. The first-order chi connectivity index (χ1) is 3.18. The fourth-order valence-electron chi connectivity index (χ4n) is 0.322. The lowest BCUT2D eigenvalue weighted by molar-refractivity contribution is 0.819. The molecule has 0 aromatic carbocycles. The molecular formula is C6H13N. The van der Waals surface area contributed by atoms with Gasteiger partial charge in [0, 0.05) is 6.04 Å². The lowest BCUT2D eigenvalue weighted by Crippen LogP contribution is -2.16. The monoisotopic (exact) mass is 99.1 g/mol. The molecule has 1 nitrogen and oxygen atoms in total. The minimum Gasteiger partial charge on any atom is -0.324 e. The molecule has 0 spiro atoms. The van der Waals surface area contributed by atoms with E-state index in [2.05, 4.69) is 13.5 Å². The SMILES string of the molecule is C=C(CC)[C@H](C)N. The largest absolute Gasteiger partial charge is 0.324 e. The molecule has 0 radical (unpaired) electrons. The van der Waals surface area contributed by atoms with Crippen LogP contribution in [-0.2, 0) is 0 Å². The van der Waals surface area contributed by atoms with Gasteiger partial charge in [-0.25, -0.2) is 0 Å². The van der Waals surface area contributed by atoms with Crippen molar-refractivity contribution in [3.05, 3.63) is 12.2 Å². The summed E-state index contributed by atoms with van der Waals surface area (Å²) >= 11 is 0. The molecule has 1 heteroatoms. The van der Waals surface area contributed by atoms with Crippen LogP contribution in [0, 0.1) is 0 Å². The van der Waals surface area contributed by atoms with Crippen LogP contribution in [0.3, 0.4) is 0 Å². The van der Waals surface area contributed by atoms with Gasteiger partial charge in [-0.3, -0.25) is 0 Å². The molecular weight excluding hydrogens is 86.1 g/mol. The molecule has 0 unspecified atom stereocenters. The molecule has 1 atom stereocenters. The minimum atomic E-state index is 0.171. The zero-order valence-electron chi connectivity index (χ0n) is 5.07. The van der Waals surface area contributed by atoms with Crippen molar-refractivity contribution in [3.63, 3.8) is 0 Å². The molecule has 42 valence electrons. The van der Waals surface area contributed by atoms with E-state index >= 15 is 0 Å². The Morgan fingerprint density at radius 1 is 1.86 bits per heavy atom. The number of rotatable bonds is 2. The second-order valence-electron chi connectivity index (χ2n) is 1.80. The molecule has 0 saturated carbocycles. The predicted octanol–water partition coefficient (Wildman–Crippen LogP) is 1.30. The van der Waals surface area contributed by atoms with Crippen LogP contribution in [0.5, 0.6) is 0 Å². The van der Waals surface area contributed by atoms with Crippen molar-refractivity contribution in [1.82, 2.24) is 0 Å². The van der Waals surface area contributed by atoms with Gasteiger partial charge < -0.3 is 5.73 Å². The van der Waals surface area contributed by atoms with Gasteiger partial charge in [-0.2, -0.15) is 0 Å². The van der Waals surface area contributed by atoms with Gasteiger partial charge in [-0.15, -0.1) is 0 Å². The summed E-state index contributed by atoms with van der Waals surface area (Å²) in [5.41, 5.74) is 6.57. The third kappa shape index (κ3) is 2.40. The van der Waals surface area contributed by atoms with Gasteiger partial charge in [0.2, 0.25) is 0 Å². The van der Waals surface area contributed by atoms with Crippen molar-refractivity contribution in [2.45, 2.75) is 26.3 Å². The van der Waals surface area contributed by atoms with Crippen LogP contribution < -0.4 is 5.73 Å². The normalized spacial score (nSPS) is 13.6. The highest BCUT2D eigenvalue weighted by Crippen LogP contribution is 1.98. The van der Waals surface area contributed by atoms with Gasteiger partial charge in [0.25, 0.3) is 0 Å². The van der Waals surface area contributed by atoms with Crippen LogP contribution >= 0.6 is 0 Å². The number of hydrogen-bond acceptors (Lipinski definition) is 1. The van der Waals surface area contributed by atoms with Crippen LogP contribution in [0.2, 0.25) is 0 Å². The summed E-state index contributed by atoms with van der Waals surface area (Å²) in [6.07, 6.45) is 0.998. The second kappa shape index (κ2) is 2.80. The summed E-state index contributed by atoms with van der Waals surface area (Å²) in [4.78, 5) is 0. The van der Waals surface area contributed by atoms with Crippen LogP contribution in [-0.4, -0.2) is 6.04 Å². The van der Waals surface area contributed by atoms with E-state index in [9.17, 15) is 0 Å². The summed E-state index contributed by atoms with van der Waals surface area (Å²) < 4.78 is 0. The standard InChI is InChI=1S/C6H13N/c1-4-5(2)6(3)7/h6H,2,4,7H2,1,3H3/t6-/m0/s1. The topological polar surface area (TPSA) is 26.0 Å². The van der Waals surface area contributed by atoms with Crippen LogP contribution in [0.4, 0.5) is 0 Å². The van der Waals surface area contributed by atoms with E-state index in [1.54, 1.807) is 0 Å². The van der Waals surface area contributed by atoms with Crippen LogP contribution in [0.15, 0.2) is 12.2 Å². The second-order valence-corrected chi connectivity index (χ2v) is 1.80. The number of nitrogens with two attached hydrogens (primary N) is 1. The van der Waals surface area contributed by atoms with Crippen LogP contribution in [0.25, 0.3) is 0 Å². The van der Waals surface area contributed by atoms with E-state index in [1.165, 1.54) is 0 Å². The van der Waals surface area contributed by atoms with Crippen molar-refractivity contribution in [2.75, 3.05) is 0 Å². The van der Waals surface area contributed by atoms with Gasteiger partial charge in [-0.05, 0) is 13.3 Å². The zero-order chi connectivity index (χ0) is 5.86. The lowest BCUT2D eigenvalue weighted by Gasteiger charge is -2.03. The van der Waals surface area contributed by atoms with Crippen molar-refractivity contribution in [3.8, 4) is 0 Å². The van der Waals surface area contributed by atoms with Crippen molar-refractivity contribution in [1.29, 1.82) is 0 Å². The van der Waals surface area contributed by atoms with Crippen molar-refractivity contribution >= 4 is 0 Å². The first-order valence-corrected chi connectivity index (χ1v) is 2.61. The van der Waals surface area contributed by atoms with Gasteiger partial charge in [0.1, 0.15) is 0 Å². The van der Waals surface area contributed by atoms with Gasteiger partial charge in [-0.1, -0.05) is 19.1 Å². The molecule has 0 amide bonds. The van der Waals surface area contributed by atoms with E-state index < -0.39 is 0 Å². The van der Waals surface area contributed by atoms with E-state index in [0.717, 1.165) is 12.0 Å². The summed E-state index contributed by atoms with van der Waals surface area (Å²) in [7, 11) is 0. The van der Waals surface area contributed by atoms with E-state index in [-0.39, 0.29) is 6.04 Å². The Bertz CT molecular complexity index is 64.6. The maximum atomic E-state index is 5.45. The molecule has 0 aliphatic carbocycles. The summed E-state index contributed by atoms with van der Waals surface area (Å²) in [6.45, 7) is 7.76. The molecule has 0 fully saturated rings. The molecule has 0 heterocycles. The Morgan fingerprint density at radius 2 is 2.29 bits per heavy atom. The highest BCUT2D eigenvalue weighted by atomic mass is 14.6. The Hall–Kier alpha value is -0.300. The summed E-state index contributed by atoms with van der Waals surface area (Å²) in [6, 6.07) is 0.171. The molecule has 0 aliphatic rings. The third-order valence-corrected chi connectivity index (χ3v) is 1.10. The molecule has 0 rings (SSSR count). The quantitative estimate of drug-likeness (QED) is 0.519. The van der Waals surface area contributed by atoms with Gasteiger partial charge in [0.05, 0.1) is 0 Å². The predicted molar refractivity (Wildman–Crippen MR) is 33.1 cm³/mol. The average molecular weight is 99.2 g/mol. The fraction of sp³-hybridized carbons (Fsp3) is 0.667. The molecule has 2 N–H and O–H groups in total. The minimum absolute atomic E-state index is 0.171. The van der Waals surface area contributed by atoms with E-state index in [1.807, 2.05) is 6.92 Å². The molecule has 0 bridgehead atoms. The van der Waals surface area contributed by atoms with E-state index in [4.69, 9.17) is 5.73 Å². The molecule has 0 aromatic rings. The summed E-state index contributed by atoms with van der Waals surface area (Å²) in [5, 5.41) is 0. The Balaban J connectivity index is 3.35. The first-order valence-electron chi connectivity index (χ1n) is 2.61. The molecule has 0 aromatic heterocycles. The third-order valence-electron chi connectivity index (χ3n) is 1.10. The highest BCUT2D eigenvalue weighted by Gasteiger charge is 1.93. The number of hydrogen-bond donors (Lipinski definition) is 1. The Kier molecular flexibility index (Phi) is 2.68. The highest BCUT2D eigenvalue weighted by molar-refractivity contribution is 5.00. The Labute approximate surface area is 45.2 Å². The molecule has 0 saturated heterocycles. The van der Waals surface area contributed by atoms with Crippen molar-refractivity contribution in [2.24, 2.45) is 5.73 Å².